The van der Waals surface area contributed by atoms with E-state index >= 15 is 0 Å². The van der Waals surface area contributed by atoms with Gasteiger partial charge in [0.15, 0.2) is 0 Å². The Hall–Kier alpha value is -1.24. The molecule has 0 spiro atoms. The highest BCUT2D eigenvalue weighted by Crippen LogP contribution is 2.36. The van der Waals surface area contributed by atoms with E-state index < -0.39 is 11.7 Å². The SMILES string of the molecule is COC(=O)CCCNc1ccc(Br)c(C(F)(F)F)c1. The Bertz CT molecular complexity index is 449. The summed E-state index contributed by atoms with van der Waals surface area (Å²) in [5, 5.41) is 2.84. The normalized spacial score (nSPS) is 11.2. The molecular formula is C12H13BrF3NO2. The highest BCUT2D eigenvalue weighted by molar-refractivity contribution is 9.10. The molecule has 7 heteroatoms. The maximum absolute atomic E-state index is 12.6. The average molecular weight is 340 g/mol. The molecule has 0 heterocycles. The van der Waals surface area contributed by atoms with Gasteiger partial charge in [-0.25, -0.2) is 0 Å². The molecule has 106 valence electrons. The van der Waals surface area contributed by atoms with Gasteiger partial charge >= 0.3 is 12.1 Å². The van der Waals surface area contributed by atoms with Crippen LogP contribution in [0.1, 0.15) is 18.4 Å². The number of rotatable bonds is 5. The lowest BCUT2D eigenvalue weighted by Gasteiger charge is -2.12. The molecule has 3 nitrogen and oxygen atoms in total. The fraction of sp³-hybridized carbons (Fsp3) is 0.417. The minimum Gasteiger partial charge on any atom is -0.469 e. The van der Waals surface area contributed by atoms with Crippen LogP contribution in [0.3, 0.4) is 0 Å². The second-order valence-electron chi connectivity index (χ2n) is 3.80. The average Bonchev–Trinajstić information content (AvgIpc) is 2.34. The zero-order valence-corrected chi connectivity index (χ0v) is 11.8. The van der Waals surface area contributed by atoms with Crippen LogP contribution >= 0.6 is 15.9 Å². The van der Waals surface area contributed by atoms with E-state index in [1.54, 1.807) is 0 Å². The standard InChI is InChI=1S/C12H13BrF3NO2/c1-19-11(18)3-2-6-17-8-4-5-10(13)9(7-8)12(14,15)16/h4-5,7,17H,2-3,6H2,1H3. The maximum Gasteiger partial charge on any atom is 0.417 e. The summed E-state index contributed by atoms with van der Waals surface area (Å²) in [6.45, 7) is 0.397. The first-order valence-corrected chi connectivity index (χ1v) is 6.31. The van der Waals surface area contributed by atoms with E-state index in [0.717, 1.165) is 6.07 Å². The van der Waals surface area contributed by atoms with Crippen LogP contribution in [0.25, 0.3) is 0 Å². The van der Waals surface area contributed by atoms with Crippen LogP contribution in [0.15, 0.2) is 22.7 Å². The summed E-state index contributed by atoms with van der Waals surface area (Å²) >= 11 is 2.87. The summed E-state index contributed by atoms with van der Waals surface area (Å²) in [6.07, 6.45) is -3.68. The molecule has 1 aromatic carbocycles. The highest BCUT2D eigenvalue weighted by atomic mass is 79.9. The summed E-state index contributed by atoms with van der Waals surface area (Å²) in [5.41, 5.74) is -0.370. The molecule has 0 radical (unpaired) electrons. The van der Waals surface area contributed by atoms with Crippen molar-refractivity contribution in [1.82, 2.24) is 0 Å². The van der Waals surface area contributed by atoms with Crippen molar-refractivity contribution in [1.29, 1.82) is 0 Å². The van der Waals surface area contributed by atoms with E-state index in [1.807, 2.05) is 0 Å². The predicted octanol–water partition coefficient (Wildman–Crippen LogP) is 3.83. The number of ether oxygens (including phenoxy) is 1. The van der Waals surface area contributed by atoms with Crippen LogP contribution in [0.5, 0.6) is 0 Å². The van der Waals surface area contributed by atoms with Gasteiger partial charge in [-0.2, -0.15) is 13.2 Å². The number of nitrogens with one attached hydrogen (secondary N) is 1. The third kappa shape index (κ3) is 5.10. The summed E-state index contributed by atoms with van der Waals surface area (Å²) in [4.78, 5) is 10.8. The lowest BCUT2D eigenvalue weighted by Crippen LogP contribution is -2.09. The van der Waals surface area contributed by atoms with Crippen LogP contribution in [0, 0.1) is 0 Å². The van der Waals surface area contributed by atoms with E-state index in [9.17, 15) is 18.0 Å². The number of benzene rings is 1. The molecule has 1 N–H and O–H groups in total. The van der Waals surface area contributed by atoms with Crippen molar-refractivity contribution in [3.8, 4) is 0 Å². The first-order chi connectivity index (χ1) is 8.84. The number of hydrogen-bond acceptors (Lipinski definition) is 3. The van der Waals surface area contributed by atoms with Gasteiger partial charge in [0, 0.05) is 23.1 Å². The summed E-state index contributed by atoms with van der Waals surface area (Å²) < 4.78 is 42.4. The van der Waals surface area contributed by atoms with Gasteiger partial charge < -0.3 is 10.1 Å². The largest absolute Gasteiger partial charge is 0.469 e. The second-order valence-corrected chi connectivity index (χ2v) is 4.65. The number of alkyl halides is 3. The van der Waals surface area contributed by atoms with Gasteiger partial charge in [0.1, 0.15) is 0 Å². The van der Waals surface area contributed by atoms with Gasteiger partial charge in [-0.15, -0.1) is 0 Å². The number of carbonyl (C=O) groups excluding carboxylic acids is 1. The van der Waals surface area contributed by atoms with Crippen molar-refractivity contribution < 1.29 is 22.7 Å². The van der Waals surface area contributed by atoms with Crippen molar-refractivity contribution in [3.05, 3.63) is 28.2 Å². The zero-order valence-electron chi connectivity index (χ0n) is 10.2. The lowest BCUT2D eigenvalue weighted by molar-refractivity contribution is -0.140. The minimum absolute atomic E-state index is 0.000103. The van der Waals surface area contributed by atoms with Gasteiger partial charge in [0.2, 0.25) is 0 Å². The Morgan fingerprint density at radius 2 is 2.11 bits per heavy atom. The molecule has 0 aliphatic rings. The van der Waals surface area contributed by atoms with Crippen molar-refractivity contribution in [2.45, 2.75) is 19.0 Å². The van der Waals surface area contributed by atoms with Crippen molar-refractivity contribution in [3.63, 3.8) is 0 Å². The fourth-order valence-corrected chi connectivity index (χ4v) is 1.89. The Morgan fingerprint density at radius 1 is 1.42 bits per heavy atom. The quantitative estimate of drug-likeness (QED) is 0.654. The molecule has 19 heavy (non-hydrogen) atoms. The van der Waals surface area contributed by atoms with E-state index in [2.05, 4.69) is 26.0 Å². The number of halogens is 4. The van der Waals surface area contributed by atoms with Gasteiger partial charge in [-0.3, -0.25) is 4.79 Å². The molecule has 0 atom stereocenters. The third-order valence-corrected chi connectivity index (χ3v) is 3.08. The van der Waals surface area contributed by atoms with E-state index in [-0.39, 0.29) is 16.9 Å². The second kappa shape index (κ2) is 6.79. The maximum atomic E-state index is 12.6. The van der Waals surface area contributed by atoms with Crippen molar-refractivity contribution >= 4 is 27.6 Å². The Balaban J connectivity index is 2.58. The molecule has 0 unspecified atom stereocenters. The number of methoxy groups -OCH3 is 1. The van der Waals surface area contributed by atoms with Crippen LogP contribution in [0.4, 0.5) is 18.9 Å². The minimum atomic E-state index is -4.40. The molecule has 0 saturated heterocycles. The first kappa shape index (κ1) is 15.8. The van der Waals surface area contributed by atoms with E-state index in [4.69, 9.17) is 0 Å². The van der Waals surface area contributed by atoms with Crippen molar-refractivity contribution in [2.24, 2.45) is 0 Å². The van der Waals surface area contributed by atoms with Gasteiger partial charge in [-0.1, -0.05) is 15.9 Å². The zero-order chi connectivity index (χ0) is 14.5. The van der Waals surface area contributed by atoms with Crippen LogP contribution < -0.4 is 5.32 Å². The van der Waals surface area contributed by atoms with Crippen LogP contribution in [-0.4, -0.2) is 19.6 Å². The molecule has 1 rings (SSSR count). The van der Waals surface area contributed by atoms with Gasteiger partial charge in [0.05, 0.1) is 12.7 Å². The Kier molecular flexibility index (Phi) is 5.65. The third-order valence-electron chi connectivity index (χ3n) is 2.39. The highest BCUT2D eigenvalue weighted by Gasteiger charge is 2.33. The number of carbonyl (C=O) groups is 1. The number of hydrogen-bond donors (Lipinski definition) is 1. The molecule has 0 aliphatic heterocycles. The van der Waals surface area contributed by atoms with Gasteiger partial charge in [-0.05, 0) is 24.6 Å². The molecular weight excluding hydrogens is 327 g/mol. The van der Waals surface area contributed by atoms with E-state index in [0.29, 0.717) is 18.7 Å². The molecule has 1 aromatic rings. The molecule has 0 fully saturated rings. The predicted molar refractivity (Wildman–Crippen MR) is 68.9 cm³/mol. The molecule has 0 aromatic heterocycles. The summed E-state index contributed by atoms with van der Waals surface area (Å²) in [7, 11) is 1.29. The molecule has 0 saturated carbocycles. The first-order valence-electron chi connectivity index (χ1n) is 5.52. The summed E-state index contributed by atoms with van der Waals surface area (Å²) in [6, 6.07) is 3.91. The Labute approximate surface area is 117 Å². The smallest absolute Gasteiger partial charge is 0.417 e. The number of anilines is 1. The van der Waals surface area contributed by atoms with Crippen LogP contribution in [-0.2, 0) is 15.7 Å². The topological polar surface area (TPSA) is 38.3 Å². The lowest BCUT2D eigenvalue weighted by atomic mass is 10.2. The monoisotopic (exact) mass is 339 g/mol. The fourth-order valence-electron chi connectivity index (χ4n) is 1.42. The Morgan fingerprint density at radius 3 is 2.68 bits per heavy atom. The number of esters is 1. The molecule has 0 amide bonds. The summed E-state index contributed by atoms with van der Waals surface area (Å²) in [5.74, 6) is -0.339. The van der Waals surface area contributed by atoms with Crippen molar-refractivity contribution in [2.75, 3.05) is 19.0 Å². The van der Waals surface area contributed by atoms with Gasteiger partial charge in [0.25, 0.3) is 0 Å². The molecule has 0 bridgehead atoms. The van der Waals surface area contributed by atoms with E-state index in [1.165, 1.54) is 19.2 Å². The molecule has 0 aliphatic carbocycles. The van der Waals surface area contributed by atoms with Crippen LogP contribution in [0.2, 0.25) is 0 Å².